The highest BCUT2D eigenvalue weighted by Gasteiger charge is 2.25. The van der Waals surface area contributed by atoms with E-state index in [9.17, 15) is 4.79 Å². The number of hydrogen-bond acceptors (Lipinski definition) is 4. The second-order valence-corrected chi connectivity index (χ2v) is 6.10. The van der Waals surface area contributed by atoms with Gasteiger partial charge in [-0.05, 0) is 0 Å². The molecule has 2 N–H and O–H groups in total. The van der Waals surface area contributed by atoms with Crippen molar-refractivity contribution in [1.29, 1.82) is 0 Å². The monoisotopic (exact) mass is 245 g/mol. The van der Waals surface area contributed by atoms with Gasteiger partial charge in [-0.15, -0.1) is 0 Å². The van der Waals surface area contributed by atoms with Crippen LogP contribution in [0.4, 0.5) is 0 Å². The Morgan fingerprint density at radius 2 is 2.31 bits per heavy atom. The maximum atomic E-state index is 11.7. The van der Waals surface area contributed by atoms with Crippen LogP contribution in [-0.2, 0) is 4.79 Å². The maximum absolute atomic E-state index is 11.7. The first-order valence-corrected chi connectivity index (χ1v) is 6.85. The first kappa shape index (κ1) is 13.8. The van der Waals surface area contributed by atoms with Crippen molar-refractivity contribution in [2.24, 2.45) is 5.73 Å². The van der Waals surface area contributed by atoms with Gasteiger partial charge in [-0.25, -0.2) is 0 Å². The van der Waals surface area contributed by atoms with E-state index in [0.29, 0.717) is 18.2 Å². The van der Waals surface area contributed by atoms with Gasteiger partial charge in [0.05, 0.1) is 0 Å². The molecule has 2 atom stereocenters. The Balaban J connectivity index is 2.49. The normalized spacial score (nSPS) is 24.1. The minimum Gasteiger partial charge on any atom is -0.349 e. The molecule has 1 aliphatic rings. The summed E-state index contributed by atoms with van der Waals surface area (Å²) in [6, 6.07) is 0.207. The summed E-state index contributed by atoms with van der Waals surface area (Å²) in [5, 5.41) is 0.650. The molecule has 0 bridgehead atoms. The molecule has 4 nitrogen and oxygen atoms in total. The van der Waals surface area contributed by atoms with E-state index in [1.165, 1.54) is 0 Å². The Kier molecular flexibility index (Phi) is 5.58. The molecular weight excluding hydrogens is 222 g/mol. The van der Waals surface area contributed by atoms with Gasteiger partial charge in [0.15, 0.2) is 0 Å². The molecule has 0 saturated carbocycles. The summed E-state index contributed by atoms with van der Waals surface area (Å²) >= 11 is 2.00. The van der Waals surface area contributed by atoms with E-state index in [1.807, 2.05) is 11.8 Å². The number of rotatable bonds is 4. The minimum atomic E-state index is 0.168. The summed E-state index contributed by atoms with van der Waals surface area (Å²) in [5.41, 5.74) is 5.78. The van der Waals surface area contributed by atoms with Crippen LogP contribution in [0.2, 0.25) is 0 Å². The van der Waals surface area contributed by atoms with Crippen LogP contribution in [0.5, 0.6) is 0 Å². The third-order valence-electron chi connectivity index (χ3n) is 2.97. The Bertz CT molecular complexity index is 235. The molecule has 0 radical (unpaired) electrons. The van der Waals surface area contributed by atoms with Crippen molar-refractivity contribution in [3.63, 3.8) is 0 Å². The van der Waals surface area contributed by atoms with Crippen LogP contribution in [0, 0.1) is 0 Å². The molecule has 0 aromatic rings. The van der Waals surface area contributed by atoms with Crippen molar-refractivity contribution in [3.8, 4) is 0 Å². The van der Waals surface area contributed by atoms with Crippen molar-refractivity contribution < 1.29 is 4.79 Å². The fraction of sp³-hybridized carbons (Fsp3) is 0.909. The molecule has 0 aromatic heterocycles. The van der Waals surface area contributed by atoms with Gasteiger partial charge < -0.3 is 10.6 Å². The largest absolute Gasteiger partial charge is 0.349 e. The first-order valence-electron chi connectivity index (χ1n) is 5.80. The van der Waals surface area contributed by atoms with E-state index in [2.05, 4.69) is 11.8 Å². The molecule has 1 aliphatic heterocycles. The average Bonchev–Trinajstić information content (AvgIpc) is 2.25. The van der Waals surface area contributed by atoms with Crippen LogP contribution in [0.3, 0.4) is 0 Å². The smallest absolute Gasteiger partial charge is 0.223 e. The highest BCUT2D eigenvalue weighted by Crippen LogP contribution is 2.20. The molecule has 1 amide bonds. The van der Waals surface area contributed by atoms with Crippen LogP contribution in [-0.4, -0.2) is 66.5 Å². The zero-order chi connectivity index (χ0) is 12.1. The molecule has 16 heavy (non-hydrogen) atoms. The van der Waals surface area contributed by atoms with E-state index in [1.54, 1.807) is 19.0 Å². The first-order chi connectivity index (χ1) is 7.54. The Hall–Kier alpha value is -0.260. The average molecular weight is 245 g/mol. The van der Waals surface area contributed by atoms with Crippen molar-refractivity contribution >= 4 is 17.7 Å². The highest BCUT2D eigenvalue weighted by atomic mass is 32.2. The third kappa shape index (κ3) is 3.96. The minimum absolute atomic E-state index is 0.168. The van der Waals surface area contributed by atoms with Crippen molar-refractivity contribution in [2.45, 2.75) is 24.6 Å². The topological polar surface area (TPSA) is 49.6 Å². The Morgan fingerprint density at radius 1 is 1.62 bits per heavy atom. The summed E-state index contributed by atoms with van der Waals surface area (Å²) in [6.07, 6.45) is 0.543. The van der Waals surface area contributed by atoms with Crippen LogP contribution in [0.15, 0.2) is 0 Å². The lowest BCUT2D eigenvalue weighted by molar-refractivity contribution is -0.129. The summed E-state index contributed by atoms with van der Waals surface area (Å²) in [5.74, 6) is 1.31. The molecule has 1 saturated heterocycles. The molecule has 0 aliphatic carbocycles. The number of thioether (sulfide) groups is 1. The lowest BCUT2D eigenvalue weighted by Crippen LogP contribution is -2.49. The molecule has 0 spiro atoms. The van der Waals surface area contributed by atoms with Gasteiger partial charge in [-0.2, -0.15) is 11.8 Å². The lowest BCUT2D eigenvalue weighted by Gasteiger charge is -2.36. The maximum Gasteiger partial charge on any atom is 0.223 e. The summed E-state index contributed by atoms with van der Waals surface area (Å²) < 4.78 is 0. The van der Waals surface area contributed by atoms with Gasteiger partial charge in [-0.3, -0.25) is 9.69 Å². The second-order valence-electron chi connectivity index (χ2n) is 4.56. The second kappa shape index (κ2) is 6.47. The van der Waals surface area contributed by atoms with E-state index >= 15 is 0 Å². The van der Waals surface area contributed by atoms with E-state index in [-0.39, 0.29) is 11.9 Å². The molecule has 94 valence electrons. The lowest BCUT2D eigenvalue weighted by atomic mass is 10.1. The van der Waals surface area contributed by atoms with Crippen LogP contribution in [0.1, 0.15) is 13.3 Å². The van der Waals surface area contributed by atoms with Crippen LogP contribution in [0.25, 0.3) is 0 Å². The number of nitrogens with two attached hydrogens (primary N) is 1. The van der Waals surface area contributed by atoms with Gasteiger partial charge in [-0.1, -0.05) is 6.92 Å². The number of nitrogens with zero attached hydrogens (tertiary/aromatic N) is 2. The van der Waals surface area contributed by atoms with Gasteiger partial charge >= 0.3 is 0 Å². The molecule has 2 unspecified atom stereocenters. The van der Waals surface area contributed by atoms with Gasteiger partial charge in [0.1, 0.15) is 0 Å². The molecular formula is C11H23N3OS. The highest BCUT2D eigenvalue weighted by molar-refractivity contribution is 7.99. The summed E-state index contributed by atoms with van der Waals surface area (Å²) in [4.78, 5) is 15.7. The SMILES string of the molecule is CC1CN(C(CN)CC(=O)N(C)C)CCS1. The van der Waals surface area contributed by atoms with Gasteiger partial charge in [0.2, 0.25) is 5.91 Å². The predicted octanol–water partition coefficient (Wildman–Crippen LogP) is 0.229. The fourth-order valence-electron chi connectivity index (χ4n) is 1.92. The number of amides is 1. The molecule has 1 rings (SSSR count). The summed E-state index contributed by atoms with van der Waals surface area (Å²) in [6.45, 7) is 4.90. The molecule has 0 aromatic carbocycles. The number of carbonyl (C=O) groups is 1. The Labute approximate surface area is 103 Å². The fourth-order valence-corrected chi connectivity index (χ4v) is 2.96. The molecule has 1 fully saturated rings. The Morgan fingerprint density at radius 3 is 2.81 bits per heavy atom. The van der Waals surface area contributed by atoms with Crippen molar-refractivity contribution in [3.05, 3.63) is 0 Å². The zero-order valence-electron chi connectivity index (χ0n) is 10.5. The number of hydrogen-bond donors (Lipinski definition) is 1. The summed E-state index contributed by atoms with van der Waals surface area (Å²) in [7, 11) is 3.59. The van der Waals surface area contributed by atoms with Crippen molar-refractivity contribution in [2.75, 3.05) is 39.5 Å². The van der Waals surface area contributed by atoms with Gasteiger partial charge in [0.25, 0.3) is 0 Å². The standard InChI is InChI=1S/C11H23N3OS/c1-9-8-14(4-5-16-9)10(7-12)6-11(15)13(2)3/h9-10H,4-8,12H2,1-3H3. The zero-order valence-corrected chi connectivity index (χ0v) is 11.3. The van der Waals surface area contributed by atoms with E-state index < -0.39 is 0 Å². The van der Waals surface area contributed by atoms with Gasteiger partial charge in [0, 0.05) is 57.2 Å². The number of carbonyl (C=O) groups excluding carboxylic acids is 1. The van der Waals surface area contributed by atoms with Crippen LogP contribution >= 0.6 is 11.8 Å². The molecule has 5 heteroatoms. The third-order valence-corrected chi connectivity index (χ3v) is 4.11. The van der Waals surface area contributed by atoms with E-state index in [4.69, 9.17) is 5.73 Å². The quantitative estimate of drug-likeness (QED) is 0.770. The van der Waals surface area contributed by atoms with Crippen LogP contribution < -0.4 is 5.73 Å². The molecule has 1 heterocycles. The predicted molar refractivity (Wildman–Crippen MR) is 69.6 cm³/mol. The van der Waals surface area contributed by atoms with E-state index in [0.717, 1.165) is 18.8 Å². The van der Waals surface area contributed by atoms with Crippen molar-refractivity contribution in [1.82, 2.24) is 9.80 Å².